The van der Waals surface area contributed by atoms with Crippen LogP contribution in [0.5, 0.6) is 0 Å². The lowest BCUT2D eigenvalue weighted by molar-refractivity contribution is 0.0943. The molecule has 2 heterocycles. The fourth-order valence-electron chi connectivity index (χ4n) is 4.27. The Kier molecular flexibility index (Phi) is 4.58. The molecule has 7 heteroatoms. The Morgan fingerprint density at radius 2 is 1.93 bits per heavy atom. The van der Waals surface area contributed by atoms with Crippen molar-refractivity contribution in [1.82, 2.24) is 24.6 Å². The fourth-order valence-corrected chi connectivity index (χ4v) is 4.27. The molecule has 0 fully saturated rings. The number of hydrogen-bond acceptors (Lipinski definition) is 3. The van der Waals surface area contributed by atoms with Gasteiger partial charge in [-0.25, -0.2) is 14.1 Å². The molecule has 0 unspecified atom stereocenters. The Labute approximate surface area is 173 Å². The molecule has 1 aliphatic rings. The molecular weight excluding hydrogens is 381 g/mol. The van der Waals surface area contributed by atoms with Crippen LogP contribution in [0.2, 0.25) is 0 Å². The van der Waals surface area contributed by atoms with Crippen LogP contribution in [0.15, 0.2) is 48.5 Å². The molecule has 30 heavy (non-hydrogen) atoms. The maximum absolute atomic E-state index is 13.3. The Hall–Kier alpha value is -3.48. The van der Waals surface area contributed by atoms with Crippen LogP contribution in [-0.4, -0.2) is 25.2 Å². The third kappa shape index (κ3) is 3.07. The third-order valence-corrected chi connectivity index (χ3v) is 5.67. The number of halogens is 1. The van der Waals surface area contributed by atoms with Crippen molar-refractivity contribution in [2.24, 2.45) is 0 Å². The number of aryl methyl sites for hydroxylation is 1. The fraction of sp³-hybridized carbons (Fsp3) is 0.261. The van der Waals surface area contributed by atoms with Crippen molar-refractivity contribution in [2.75, 3.05) is 0 Å². The summed E-state index contributed by atoms with van der Waals surface area (Å²) < 4.78 is 17.2. The lowest BCUT2D eigenvalue weighted by Gasteiger charge is -2.07. The number of para-hydroxylation sites is 2. The zero-order valence-corrected chi connectivity index (χ0v) is 16.7. The van der Waals surface area contributed by atoms with Crippen LogP contribution in [-0.2, 0) is 25.9 Å². The molecule has 0 saturated heterocycles. The van der Waals surface area contributed by atoms with Crippen molar-refractivity contribution in [2.45, 2.75) is 39.3 Å². The number of hydrogen-bond donors (Lipinski definition) is 1. The highest BCUT2D eigenvalue weighted by Crippen LogP contribution is 2.28. The van der Waals surface area contributed by atoms with Gasteiger partial charge < -0.3 is 9.88 Å². The highest BCUT2D eigenvalue weighted by atomic mass is 19.1. The molecule has 5 rings (SSSR count). The lowest BCUT2D eigenvalue weighted by Crippen LogP contribution is -2.26. The number of aromatic nitrogens is 4. The van der Waals surface area contributed by atoms with Crippen molar-refractivity contribution >= 4 is 16.9 Å². The summed E-state index contributed by atoms with van der Waals surface area (Å²) in [6.45, 7) is 3.18. The summed E-state index contributed by atoms with van der Waals surface area (Å²) in [4.78, 5) is 17.7. The minimum absolute atomic E-state index is 0.205. The number of rotatable bonds is 5. The summed E-state index contributed by atoms with van der Waals surface area (Å²) in [6, 6.07) is 14.2. The Balaban J connectivity index is 1.42. The second-order valence-electron chi connectivity index (χ2n) is 7.46. The number of carbonyl (C=O) groups excluding carboxylic acids is 1. The largest absolute Gasteiger partial charge is 0.343 e. The van der Waals surface area contributed by atoms with Crippen molar-refractivity contribution in [1.29, 1.82) is 0 Å². The van der Waals surface area contributed by atoms with Gasteiger partial charge in [0.05, 0.1) is 23.3 Å². The van der Waals surface area contributed by atoms with Gasteiger partial charge in [-0.1, -0.05) is 12.1 Å². The van der Waals surface area contributed by atoms with E-state index in [0.717, 1.165) is 59.6 Å². The number of amides is 1. The summed E-state index contributed by atoms with van der Waals surface area (Å²) in [5.41, 5.74) is 5.22. The summed E-state index contributed by atoms with van der Waals surface area (Å²) in [5.74, 6) is 0.324. The van der Waals surface area contributed by atoms with Crippen molar-refractivity contribution in [3.63, 3.8) is 0 Å². The first kappa shape index (κ1) is 18.5. The first-order chi connectivity index (χ1) is 14.7. The molecule has 0 radical (unpaired) electrons. The average Bonchev–Trinajstić information content (AvgIpc) is 3.45. The van der Waals surface area contributed by atoms with Gasteiger partial charge in [0.15, 0.2) is 5.69 Å². The molecule has 6 nitrogen and oxygen atoms in total. The van der Waals surface area contributed by atoms with Crippen molar-refractivity contribution < 1.29 is 9.18 Å². The summed E-state index contributed by atoms with van der Waals surface area (Å²) in [6.07, 6.45) is 2.67. The Morgan fingerprint density at radius 3 is 2.73 bits per heavy atom. The van der Waals surface area contributed by atoms with Crippen molar-refractivity contribution in [3.8, 4) is 5.69 Å². The molecule has 2 aromatic carbocycles. The van der Waals surface area contributed by atoms with E-state index in [1.807, 2.05) is 24.3 Å². The lowest BCUT2D eigenvalue weighted by atomic mass is 10.2. The van der Waals surface area contributed by atoms with E-state index in [-0.39, 0.29) is 11.7 Å². The van der Waals surface area contributed by atoms with Gasteiger partial charge in [-0.3, -0.25) is 4.79 Å². The smallest absolute Gasteiger partial charge is 0.272 e. The highest BCUT2D eigenvalue weighted by molar-refractivity contribution is 5.94. The molecule has 1 aliphatic carbocycles. The van der Waals surface area contributed by atoms with Crippen LogP contribution < -0.4 is 5.32 Å². The van der Waals surface area contributed by atoms with Gasteiger partial charge in [-0.15, -0.1) is 0 Å². The van der Waals surface area contributed by atoms with Gasteiger partial charge in [0.2, 0.25) is 0 Å². The summed E-state index contributed by atoms with van der Waals surface area (Å²) in [7, 11) is 0. The zero-order valence-electron chi connectivity index (χ0n) is 16.7. The first-order valence-electron chi connectivity index (χ1n) is 10.2. The van der Waals surface area contributed by atoms with Gasteiger partial charge in [-0.05, 0) is 62.6 Å². The summed E-state index contributed by atoms with van der Waals surface area (Å²) in [5, 5.41) is 7.58. The second kappa shape index (κ2) is 7.40. The molecule has 1 N–H and O–H groups in total. The SMILES string of the molecule is CCn1c(CNC(=O)c2nn(-c3ccc(F)cc3)c3c2CCC3)nc2ccccc21. The number of benzene rings is 2. The number of imidazole rings is 1. The van der Waals surface area contributed by atoms with Gasteiger partial charge >= 0.3 is 0 Å². The van der Waals surface area contributed by atoms with E-state index in [1.54, 1.807) is 16.8 Å². The second-order valence-corrected chi connectivity index (χ2v) is 7.46. The Bertz CT molecular complexity index is 1240. The third-order valence-electron chi connectivity index (χ3n) is 5.67. The summed E-state index contributed by atoms with van der Waals surface area (Å²) >= 11 is 0. The van der Waals surface area contributed by atoms with Crippen LogP contribution in [0.3, 0.4) is 0 Å². The van der Waals surface area contributed by atoms with E-state index in [4.69, 9.17) is 0 Å². The number of fused-ring (bicyclic) bond motifs is 2. The maximum atomic E-state index is 13.3. The molecule has 152 valence electrons. The standard InChI is InChI=1S/C23H22FN5O/c1-2-28-20-8-4-3-7-18(20)26-21(28)14-25-23(30)22-17-6-5-9-19(17)29(27-22)16-12-10-15(24)11-13-16/h3-4,7-8,10-13H,2,5-6,9,14H2,1H3,(H,25,30). The van der Waals surface area contributed by atoms with E-state index in [9.17, 15) is 9.18 Å². The van der Waals surface area contributed by atoms with E-state index in [2.05, 4.69) is 26.9 Å². The predicted octanol–water partition coefficient (Wildman–Crippen LogP) is 3.80. The predicted molar refractivity (Wildman–Crippen MR) is 112 cm³/mol. The number of nitrogens with zero attached hydrogens (tertiary/aromatic N) is 4. The van der Waals surface area contributed by atoms with Gasteiger partial charge in [0, 0.05) is 17.8 Å². The quantitative estimate of drug-likeness (QED) is 0.551. The minimum Gasteiger partial charge on any atom is -0.343 e. The van der Waals surface area contributed by atoms with E-state index in [0.29, 0.717) is 12.2 Å². The molecule has 0 saturated carbocycles. The normalized spacial score (nSPS) is 13.0. The van der Waals surface area contributed by atoms with Crippen LogP contribution in [0.25, 0.3) is 16.7 Å². The first-order valence-corrected chi connectivity index (χ1v) is 10.2. The minimum atomic E-state index is -0.292. The molecule has 4 aromatic rings. The van der Waals surface area contributed by atoms with E-state index >= 15 is 0 Å². The zero-order chi connectivity index (χ0) is 20.7. The monoisotopic (exact) mass is 403 g/mol. The molecule has 0 atom stereocenters. The number of nitrogens with one attached hydrogen (secondary N) is 1. The Morgan fingerprint density at radius 1 is 1.13 bits per heavy atom. The highest BCUT2D eigenvalue weighted by Gasteiger charge is 2.27. The van der Waals surface area contributed by atoms with E-state index in [1.165, 1.54) is 12.1 Å². The molecule has 0 aliphatic heterocycles. The molecule has 0 bridgehead atoms. The van der Waals surface area contributed by atoms with Crippen LogP contribution in [0.4, 0.5) is 4.39 Å². The van der Waals surface area contributed by atoms with Crippen LogP contribution >= 0.6 is 0 Å². The van der Waals surface area contributed by atoms with Crippen LogP contribution in [0, 0.1) is 5.82 Å². The van der Waals surface area contributed by atoms with Gasteiger partial charge in [0.25, 0.3) is 5.91 Å². The molecule has 1 amide bonds. The van der Waals surface area contributed by atoms with E-state index < -0.39 is 0 Å². The average molecular weight is 403 g/mol. The van der Waals surface area contributed by atoms with Gasteiger partial charge in [0.1, 0.15) is 11.6 Å². The topological polar surface area (TPSA) is 64.7 Å². The molecule has 2 aromatic heterocycles. The van der Waals surface area contributed by atoms with Crippen molar-refractivity contribution in [3.05, 3.63) is 77.1 Å². The molecular formula is C23H22FN5O. The van der Waals surface area contributed by atoms with Crippen LogP contribution in [0.1, 0.15) is 40.9 Å². The molecule has 0 spiro atoms. The maximum Gasteiger partial charge on any atom is 0.272 e. The number of carbonyl (C=O) groups is 1. The van der Waals surface area contributed by atoms with Gasteiger partial charge in [-0.2, -0.15) is 5.10 Å².